The molecule has 0 bridgehead atoms. The monoisotopic (exact) mass is 412 g/mol. The molecule has 30 heavy (non-hydrogen) atoms. The van der Waals surface area contributed by atoms with E-state index in [4.69, 9.17) is 14.2 Å². The molecule has 1 aliphatic rings. The highest BCUT2D eigenvalue weighted by Gasteiger charge is 2.12. The van der Waals surface area contributed by atoms with Crippen molar-refractivity contribution < 1.29 is 23.8 Å². The Morgan fingerprint density at radius 1 is 1.00 bits per heavy atom. The third kappa shape index (κ3) is 6.49. The van der Waals surface area contributed by atoms with Crippen molar-refractivity contribution in [2.75, 3.05) is 49.7 Å². The molecule has 0 aliphatic carbocycles. The second kappa shape index (κ2) is 10.6. The highest BCUT2D eigenvalue weighted by atomic mass is 16.6. The lowest BCUT2D eigenvalue weighted by Crippen LogP contribution is -2.36. The normalized spacial score (nSPS) is 13.8. The largest absolute Gasteiger partial charge is 0.482 e. The maximum absolute atomic E-state index is 12.0. The van der Waals surface area contributed by atoms with Gasteiger partial charge in [-0.15, -0.1) is 0 Å². The molecule has 0 saturated carbocycles. The number of hydrogen-bond acceptors (Lipinski definition) is 6. The molecule has 1 fully saturated rings. The molecule has 7 heteroatoms. The van der Waals surface area contributed by atoms with E-state index in [1.807, 2.05) is 48.5 Å². The maximum Gasteiger partial charge on any atom is 0.344 e. The van der Waals surface area contributed by atoms with E-state index in [1.54, 1.807) is 0 Å². The summed E-state index contributed by atoms with van der Waals surface area (Å²) in [6.45, 7) is 6.75. The van der Waals surface area contributed by atoms with Gasteiger partial charge in [0.1, 0.15) is 5.75 Å². The van der Waals surface area contributed by atoms with Crippen LogP contribution in [0.25, 0.3) is 0 Å². The third-order valence-electron chi connectivity index (χ3n) is 4.79. The summed E-state index contributed by atoms with van der Waals surface area (Å²) >= 11 is 0. The summed E-state index contributed by atoms with van der Waals surface area (Å²) in [6, 6.07) is 15.1. The van der Waals surface area contributed by atoms with Gasteiger partial charge in [0.25, 0.3) is 5.91 Å². The summed E-state index contributed by atoms with van der Waals surface area (Å²) in [4.78, 5) is 26.1. The molecule has 2 aromatic rings. The number of amides is 1. The molecule has 1 amide bonds. The number of ether oxygens (including phenoxy) is 3. The van der Waals surface area contributed by atoms with Crippen molar-refractivity contribution in [3.05, 3.63) is 54.1 Å². The average molecular weight is 412 g/mol. The summed E-state index contributed by atoms with van der Waals surface area (Å²) in [5, 5.41) is 2.72. The van der Waals surface area contributed by atoms with Gasteiger partial charge in [-0.1, -0.05) is 26.0 Å². The van der Waals surface area contributed by atoms with Gasteiger partial charge in [-0.25, -0.2) is 4.79 Å². The fourth-order valence-electron chi connectivity index (χ4n) is 3.05. The number of rotatable bonds is 8. The molecule has 0 radical (unpaired) electrons. The number of anilines is 2. The molecule has 1 saturated heterocycles. The minimum absolute atomic E-state index is 0.247. The fourth-order valence-corrected chi connectivity index (χ4v) is 3.05. The molecule has 0 unspecified atom stereocenters. The van der Waals surface area contributed by atoms with Crippen LogP contribution in [0.3, 0.4) is 0 Å². The molecule has 1 aliphatic heterocycles. The van der Waals surface area contributed by atoms with Crippen molar-refractivity contribution in [2.45, 2.75) is 19.8 Å². The second-order valence-electron chi connectivity index (χ2n) is 7.37. The Balaban J connectivity index is 1.38. The van der Waals surface area contributed by atoms with E-state index >= 15 is 0 Å². The van der Waals surface area contributed by atoms with Crippen molar-refractivity contribution in [2.24, 2.45) is 0 Å². The predicted octanol–water partition coefficient (Wildman–Crippen LogP) is 3.21. The van der Waals surface area contributed by atoms with E-state index in [2.05, 4.69) is 24.1 Å². The first-order valence-corrected chi connectivity index (χ1v) is 10.1. The van der Waals surface area contributed by atoms with Crippen LogP contribution in [0.15, 0.2) is 48.5 Å². The van der Waals surface area contributed by atoms with Gasteiger partial charge in [0, 0.05) is 24.5 Å². The molecule has 160 valence electrons. The molecule has 1 heterocycles. The Morgan fingerprint density at radius 2 is 1.67 bits per heavy atom. The van der Waals surface area contributed by atoms with Crippen molar-refractivity contribution in [3.63, 3.8) is 0 Å². The Hall–Kier alpha value is -3.06. The predicted molar refractivity (Wildman–Crippen MR) is 115 cm³/mol. The molecule has 0 atom stereocenters. The van der Waals surface area contributed by atoms with E-state index < -0.39 is 11.9 Å². The van der Waals surface area contributed by atoms with Crippen LogP contribution in [0.1, 0.15) is 25.3 Å². The van der Waals surface area contributed by atoms with Crippen LogP contribution in [-0.4, -0.2) is 51.4 Å². The number of carbonyl (C=O) groups is 2. The Bertz CT molecular complexity index is 828. The van der Waals surface area contributed by atoms with E-state index in [0.29, 0.717) is 17.4 Å². The quantitative estimate of drug-likeness (QED) is 0.671. The average Bonchev–Trinajstić information content (AvgIpc) is 2.77. The van der Waals surface area contributed by atoms with Crippen molar-refractivity contribution in [3.8, 4) is 5.75 Å². The van der Waals surface area contributed by atoms with Crippen molar-refractivity contribution in [1.82, 2.24) is 0 Å². The lowest BCUT2D eigenvalue weighted by atomic mass is 10.0. The maximum atomic E-state index is 12.0. The summed E-state index contributed by atoms with van der Waals surface area (Å²) < 4.78 is 15.7. The molecule has 0 spiro atoms. The van der Waals surface area contributed by atoms with Gasteiger partial charge in [-0.05, 0) is 47.9 Å². The summed E-state index contributed by atoms with van der Waals surface area (Å²) in [5.41, 5.74) is 2.93. The van der Waals surface area contributed by atoms with Gasteiger partial charge >= 0.3 is 5.97 Å². The Kier molecular flexibility index (Phi) is 7.68. The first kappa shape index (κ1) is 21.6. The van der Waals surface area contributed by atoms with Crippen LogP contribution in [0.4, 0.5) is 11.4 Å². The smallest absolute Gasteiger partial charge is 0.344 e. The van der Waals surface area contributed by atoms with Gasteiger partial charge in [-0.2, -0.15) is 0 Å². The first-order chi connectivity index (χ1) is 14.5. The molecule has 7 nitrogen and oxygen atoms in total. The third-order valence-corrected chi connectivity index (χ3v) is 4.79. The number of nitrogens with one attached hydrogen (secondary N) is 1. The number of esters is 1. The molecule has 1 N–H and O–H groups in total. The van der Waals surface area contributed by atoms with Gasteiger partial charge in [0.05, 0.1) is 13.2 Å². The van der Waals surface area contributed by atoms with E-state index in [-0.39, 0.29) is 13.2 Å². The zero-order valence-corrected chi connectivity index (χ0v) is 17.4. The summed E-state index contributed by atoms with van der Waals surface area (Å²) in [5.74, 6) is 0.0174. The topological polar surface area (TPSA) is 77.1 Å². The number of morpholine rings is 1. The SMILES string of the molecule is CC(C)c1ccc(OCC(=O)OCC(=O)Nc2ccc(N3CCOCC3)cc2)cc1. The lowest BCUT2D eigenvalue weighted by Gasteiger charge is -2.28. The number of nitrogens with zero attached hydrogens (tertiary/aromatic N) is 1. The van der Waals surface area contributed by atoms with Crippen LogP contribution < -0.4 is 15.0 Å². The van der Waals surface area contributed by atoms with Crippen molar-refractivity contribution in [1.29, 1.82) is 0 Å². The van der Waals surface area contributed by atoms with Gasteiger partial charge in [-0.3, -0.25) is 4.79 Å². The van der Waals surface area contributed by atoms with Crippen LogP contribution in [0.5, 0.6) is 5.75 Å². The number of hydrogen-bond donors (Lipinski definition) is 1. The van der Waals surface area contributed by atoms with Crippen LogP contribution in [-0.2, 0) is 19.1 Å². The minimum Gasteiger partial charge on any atom is -0.482 e. The van der Waals surface area contributed by atoms with Gasteiger partial charge in [0.2, 0.25) is 0 Å². The molecule has 2 aromatic carbocycles. The van der Waals surface area contributed by atoms with Crippen molar-refractivity contribution >= 4 is 23.3 Å². The molecule has 3 rings (SSSR count). The van der Waals surface area contributed by atoms with E-state index in [9.17, 15) is 9.59 Å². The highest BCUT2D eigenvalue weighted by Crippen LogP contribution is 2.20. The standard InChI is InChI=1S/C23H28N2O5/c1-17(2)18-3-9-21(10-4-18)29-16-23(27)30-15-22(26)24-19-5-7-20(8-6-19)25-11-13-28-14-12-25/h3-10,17H,11-16H2,1-2H3,(H,24,26). The van der Waals surface area contributed by atoms with Crippen LogP contribution in [0.2, 0.25) is 0 Å². The molecule has 0 aromatic heterocycles. The lowest BCUT2D eigenvalue weighted by molar-refractivity contribution is -0.149. The first-order valence-electron chi connectivity index (χ1n) is 10.1. The second-order valence-corrected chi connectivity index (χ2v) is 7.37. The zero-order valence-electron chi connectivity index (χ0n) is 17.4. The van der Waals surface area contributed by atoms with E-state index in [0.717, 1.165) is 32.0 Å². The highest BCUT2D eigenvalue weighted by molar-refractivity contribution is 5.93. The summed E-state index contributed by atoms with van der Waals surface area (Å²) in [7, 11) is 0. The van der Waals surface area contributed by atoms with Gasteiger partial charge in [0.15, 0.2) is 13.2 Å². The fraction of sp³-hybridized carbons (Fsp3) is 0.391. The van der Waals surface area contributed by atoms with Crippen LogP contribution >= 0.6 is 0 Å². The Labute approximate surface area is 176 Å². The molecular formula is C23H28N2O5. The number of benzene rings is 2. The minimum atomic E-state index is -0.597. The molecular weight excluding hydrogens is 384 g/mol. The number of carbonyl (C=O) groups excluding carboxylic acids is 2. The van der Waals surface area contributed by atoms with Gasteiger partial charge < -0.3 is 24.4 Å². The summed E-state index contributed by atoms with van der Waals surface area (Å²) in [6.07, 6.45) is 0. The Morgan fingerprint density at radius 3 is 2.30 bits per heavy atom. The zero-order chi connectivity index (χ0) is 21.3. The van der Waals surface area contributed by atoms with Crippen LogP contribution in [0, 0.1) is 0 Å². The van der Waals surface area contributed by atoms with E-state index in [1.165, 1.54) is 5.56 Å².